The van der Waals surface area contributed by atoms with Gasteiger partial charge in [-0.3, -0.25) is 0 Å². The van der Waals surface area contributed by atoms with Crippen LogP contribution in [-0.4, -0.2) is 51.8 Å². The standard InChI is InChI=1S/C18H23NO6S/c1-23-13-5-6-14(11-13)25-19-17(18(20)24-2)12-3-7-15(8-4-12)26(21,22)16-9-10-16/h3-4,7-8,13-14,16H,5-6,9-11H2,1-2H3/b19-17+/t13-,14-/m1/s1. The summed E-state index contributed by atoms with van der Waals surface area (Å²) in [6.45, 7) is 0. The van der Waals surface area contributed by atoms with Crippen LogP contribution < -0.4 is 0 Å². The van der Waals surface area contributed by atoms with E-state index < -0.39 is 15.8 Å². The Morgan fingerprint density at radius 3 is 2.23 bits per heavy atom. The predicted octanol–water partition coefficient (Wildman–Crippen LogP) is 2.08. The minimum Gasteiger partial charge on any atom is -0.464 e. The number of oxime groups is 1. The highest BCUT2D eigenvalue weighted by Gasteiger charge is 2.36. The SMILES string of the molecule is COC(=O)/C(=N/O[C@@H]1CC[C@@H](OC)C1)c1ccc(S(=O)(=O)C2CC2)cc1. The number of esters is 1. The Morgan fingerprint density at radius 1 is 1.04 bits per heavy atom. The molecule has 8 heteroatoms. The molecule has 2 aliphatic rings. The molecule has 3 rings (SSSR count). The lowest BCUT2D eigenvalue weighted by Crippen LogP contribution is -2.19. The molecule has 0 radical (unpaired) electrons. The fraction of sp³-hybridized carbons (Fsp3) is 0.556. The maximum Gasteiger partial charge on any atom is 0.360 e. The van der Waals surface area contributed by atoms with Crippen LogP contribution in [0.3, 0.4) is 0 Å². The Balaban J connectivity index is 1.77. The number of carbonyl (C=O) groups is 1. The molecule has 0 aliphatic heterocycles. The molecule has 0 bridgehead atoms. The van der Waals surface area contributed by atoms with E-state index in [0.29, 0.717) is 24.8 Å². The second kappa shape index (κ2) is 7.75. The van der Waals surface area contributed by atoms with Gasteiger partial charge in [-0.05, 0) is 37.8 Å². The summed E-state index contributed by atoms with van der Waals surface area (Å²) in [5, 5.41) is 3.72. The summed E-state index contributed by atoms with van der Waals surface area (Å²) in [4.78, 5) is 17.8. The molecule has 0 unspecified atom stereocenters. The van der Waals surface area contributed by atoms with Gasteiger partial charge in [0.25, 0.3) is 0 Å². The first-order chi connectivity index (χ1) is 12.5. The molecule has 0 amide bonds. The highest BCUT2D eigenvalue weighted by Crippen LogP contribution is 2.33. The molecule has 2 fully saturated rings. The smallest absolute Gasteiger partial charge is 0.360 e. The molecule has 0 saturated heterocycles. The lowest BCUT2D eigenvalue weighted by molar-refractivity contribution is -0.132. The lowest BCUT2D eigenvalue weighted by atomic mass is 10.1. The van der Waals surface area contributed by atoms with Crippen molar-refractivity contribution in [1.82, 2.24) is 0 Å². The summed E-state index contributed by atoms with van der Waals surface area (Å²) in [7, 11) is -0.345. The van der Waals surface area contributed by atoms with Crippen molar-refractivity contribution < 1.29 is 27.5 Å². The Morgan fingerprint density at radius 2 is 1.69 bits per heavy atom. The molecule has 26 heavy (non-hydrogen) atoms. The Bertz CT molecular complexity index is 782. The van der Waals surface area contributed by atoms with Crippen LogP contribution in [0, 0.1) is 0 Å². The first-order valence-corrected chi connectivity index (χ1v) is 10.2. The Hall–Kier alpha value is -1.93. The van der Waals surface area contributed by atoms with Crippen molar-refractivity contribution in [2.24, 2.45) is 5.16 Å². The van der Waals surface area contributed by atoms with Crippen LogP contribution >= 0.6 is 0 Å². The Labute approximate surface area is 153 Å². The van der Waals surface area contributed by atoms with Crippen molar-refractivity contribution in [2.45, 2.75) is 54.5 Å². The zero-order valence-corrected chi connectivity index (χ0v) is 15.7. The maximum absolute atomic E-state index is 12.3. The van der Waals surface area contributed by atoms with Gasteiger partial charge in [0.05, 0.1) is 23.4 Å². The second-order valence-electron chi connectivity index (χ2n) is 6.60. The average molecular weight is 381 g/mol. The average Bonchev–Trinajstić information content (AvgIpc) is 3.42. The first-order valence-electron chi connectivity index (χ1n) is 8.65. The zero-order chi connectivity index (χ0) is 18.7. The number of hydrogen-bond donors (Lipinski definition) is 0. The molecular formula is C18H23NO6S. The van der Waals surface area contributed by atoms with Crippen molar-refractivity contribution >= 4 is 21.5 Å². The molecular weight excluding hydrogens is 358 g/mol. The van der Waals surface area contributed by atoms with E-state index in [1.807, 2.05) is 0 Å². The predicted molar refractivity (Wildman–Crippen MR) is 94.7 cm³/mol. The van der Waals surface area contributed by atoms with E-state index in [9.17, 15) is 13.2 Å². The van der Waals surface area contributed by atoms with E-state index >= 15 is 0 Å². The summed E-state index contributed by atoms with van der Waals surface area (Å²) >= 11 is 0. The van der Waals surface area contributed by atoms with Gasteiger partial charge in [0.1, 0.15) is 6.10 Å². The highest BCUT2D eigenvalue weighted by atomic mass is 32.2. The van der Waals surface area contributed by atoms with Crippen molar-refractivity contribution in [3.8, 4) is 0 Å². The number of nitrogens with zero attached hydrogens (tertiary/aromatic N) is 1. The molecule has 0 spiro atoms. The van der Waals surface area contributed by atoms with E-state index in [0.717, 1.165) is 12.8 Å². The second-order valence-corrected chi connectivity index (χ2v) is 8.83. The van der Waals surface area contributed by atoms with Crippen LogP contribution in [0.25, 0.3) is 0 Å². The number of hydrogen-bond acceptors (Lipinski definition) is 7. The van der Waals surface area contributed by atoms with Crippen LogP contribution in [0.5, 0.6) is 0 Å². The monoisotopic (exact) mass is 381 g/mol. The summed E-state index contributed by atoms with van der Waals surface area (Å²) in [5.74, 6) is -0.635. The van der Waals surface area contributed by atoms with Gasteiger partial charge in [0, 0.05) is 19.1 Å². The minimum absolute atomic E-state index is 0.0173. The summed E-state index contributed by atoms with van der Waals surface area (Å²) in [6, 6.07) is 6.11. The van der Waals surface area contributed by atoms with Gasteiger partial charge in [-0.25, -0.2) is 13.2 Å². The largest absolute Gasteiger partial charge is 0.464 e. The van der Waals surface area contributed by atoms with Crippen LogP contribution in [0.2, 0.25) is 0 Å². The molecule has 7 nitrogen and oxygen atoms in total. The first kappa shape index (κ1) is 18.8. The number of methoxy groups -OCH3 is 2. The van der Waals surface area contributed by atoms with Crippen molar-refractivity contribution in [3.05, 3.63) is 29.8 Å². The molecule has 0 heterocycles. The fourth-order valence-electron chi connectivity index (χ4n) is 3.02. The summed E-state index contributed by atoms with van der Waals surface area (Å²) < 4.78 is 34.6. The topological polar surface area (TPSA) is 91.3 Å². The third-order valence-corrected chi connectivity index (χ3v) is 7.04. The van der Waals surface area contributed by atoms with E-state index in [1.165, 1.54) is 19.2 Å². The normalized spacial score (nSPS) is 23.7. The van der Waals surface area contributed by atoms with E-state index in [-0.39, 0.29) is 28.1 Å². The quantitative estimate of drug-likeness (QED) is 0.408. The number of rotatable bonds is 7. The summed E-state index contributed by atoms with van der Waals surface area (Å²) in [5.41, 5.74) is 0.469. The van der Waals surface area contributed by atoms with Gasteiger partial charge in [-0.15, -0.1) is 0 Å². The molecule has 2 aliphatic carbocycles. The Kier molecular flexibility index (Phi) is 5.62. The molecule has 0 aromatic heterocycles. The third-order valence-electron chi connectivity index (χ3n) is 4.76. The summed E-state index contributed by atoms with van der Waals surface area (Å²) in [6.07, 6.45) is 3.84. The van der Waals surface area contributed by atoms with Crippen LogP contribution in [0.15, 0.2) is 34.3 Å². The molecule has 2 atom stereocenters. The van der Waals surface area contributed by atoms with Gasteiger partial charge in [-0.1, -0.05) is 17.3 Å². The zero-order valence-electron chi connectivity index (χ0n) is 14.9. The number of sulfone groups is 1. The molecule has 0 N–H and O–H groups in total. The van der Waals surface area contributed by atoms with Gasteiger partial charge in [0.15, 0.2) is 15.5 Å². The van der Waals surface area contributed by atoms with Crippen molar-refractivity contribution in [2.75, 3.05) is 14.2 Å². The molecule has 2 saturated carbocycles. The fourth-order valence-corrected chi connectivity index (χ4v) is 4.67. The van der Waals surface area contributed by atoms with E-state index in [1.54, 1.807) is 19.2 Å². The van der Waals surface area contributed by atoms with Gasteiger partial charge < -0.3 is 14.3 Å². The highest BCUT2D eigenvalue weighted by molar-refractivity contribution is 7.92. The van der Waals surface area contributed by atoms with Gasteiger partial charge in [0.2, 0.25) is 0 Å². The molecule has 142 valence electrons. The van der Waals surface area contributed by atoms with Crippen LogP contribution in [0.1, 0.15) is 37.7 Å². The number of benzene rings is 1. The lowest BCUT2D eigenvalue weighted by Gasteiger charge is -2.11. The van der Waals surface area contributed by atoms with Gasteiger partial charge in [-0.2, -0.15) is 0 Å². The molecule has 1 aromatic rings. The number of carbonyl (C=O) groups excluding carboxylic acids is 1. The van der Waals surface area contributed by atoms with Crippen LogP contribution in [0.4, 0.5) is 0 Å². The number of ether oxygens (including phenoxy) is 2. The van der Waals surface area contributed by atoms with Crippen molar-refractivity contribution in [3.63, 3.8) is 0 Å². The maximum atomic E-state index is 12.3. The minimum atomic E-state index is -3.27. The third kappa shape index (κ3) is 4.07. The van der Waals surface area contributed by atoms with Gasteiger partial charge >= 0.3 is 5.97 Å². The van der Waals surface area contributed by atoms with E-state index in [2.05, 4.69) is 5.16 Å². The van der Waals surface area contributed by atoms with Crippen molar-refractivity contribution in [1.29, 1.82) is 0 Å². The van der Waals surface area contributed by atoms with E-state index in [4.69, 9.17) is 14.3 Å². The van der Waals surface area contributed by atoms with Crippen LogP contribution in [-0.2, 0) is 28.9 Å². The molecule has 1 aromatic carbocycles.